The molecule has 0 atom stereocenters. The van der Waals surface area contributed by atoms with Crippen LogP contribution in [-0.4, -0.2) is 15.4 Å². The second-order valence-corrected chi connectivity index (χ2v) is 6.60. The lowest BCUT2D eigenvalue weighted by Crippen LogP contribution is -2.30. The third-order valence-electron chi connectivity index (χ3n) is 4.50. The van der Waals surface area contributed by atoms with Gasteiger partial charge in [-0.25, -0.2) is 0 Å². The molecule has 2 aromatic carbocycles. The quantitative estimate of drug-likeness (QED) is 0.571. The lowest BCUT2D eigenvalue weighted by Gasteiger charge is -2.24. The fraction of sp³-hybridized carbons (Fsp3) is 0.261. The molecule has 3 aromatic rings. The number of carbonyl (C=O) groups excluding carboxylic acids is 1. The summed E-state index contributed by atoms with van der Waals surface area (Å²) in [7, 11) is 0. The van der Waals surface area contributed by atoms with Crippen LogP contribution >= 0.6 is 0 Å². The van der Waals surface area contributed by atoms with E-state index in [1.807, 2.05) is 29.2 Å². The Morgan fingerprint density at radius 3 is 2.15 bits per heavy atom. The first kappa shape index (κ1) is 18.0. The normalized spacial score (nSPS) is 10.7. The highest BCUT2D eigenvalue weighted by Gasteiger charge is 2.15. The first-order chi connectivity index (χ1) is 12.8. The molecular formula is C23H26N2O. The minimum absolute atomic E-state index is 0.212. The van der Waals surface area contributed by atoms with E-state index in [0.717, 1.165) is 24.2 Å². The highest BCUT2D eigenvalue weighted by molar-refractivity contribution is 5.76. The van der Waals surface area contributed by atoms with Crippen molar-refractivity contribution >= 4 is 5.91 Å². The molecule has 0 aliphatic carbocycles. The molecule has 0 fully saturated rings. The van der Waals surface area contributed by atoms with Crippen molar-refractivity contribution in [1.82, 2.24) is 9.47 Å². The Bertz CT molecular complexity index is 808. The molecule has 1 amide bonds. The van der Waals surface area contributed by atoms with Gasteiger partial charge in [-0.1, -0.05) is 67.6 Å². The predicted octanol–water partition coefficient (Wildman–Crippen LogP) is 4.87. The molecule has 134 valence electrons. The van der Waals surface area contributed by atoms with E-state index in [2.05, 4.69) is 66.2 Å². The van der Waals surface area contributed by atoms with Gasteiger partial charge in [-0.15, -0.1) is 0 Å². The summed E-state index contributed by atoms with van der Waals surface area (Å²) in [5, 5.41) is 0. The minimum atomic E-state index is 0.212. The summed E-state index contributed by atoms with van der Waals surface area (Å²) in [6.45, 7) is 4.16. The Labute approximate surface area is 155 Å². The molecule has 0 bridgehead atoms. The van der Waals surface area contributed by atoms with Crippen molar-refractivity contribution in [3.05, 3.63) is 95.8 Å². The van der Waals surface area contributed by atoms with Gasteiger partial charge < -0.3 is 9.47 Å². The van der Waals surface area contributed by atoms with Gasteiger partial charge >= 0.3 is 0 Å². The second kappa shape index (κ2) is 9.04. The van der Waals surface area contributed by atoms with Gasteiger partial charge in [-0.2, -0.15) is 0 Å². The molecule has 0 spiro atoms. The Kier molecular flexibility index (Phi) is 6.26. The maximum Gasteiger partial charge on any atom is 0.223 e. The molecule has 0 aliphatic rings. The largest absolute Gasteiger partial charge is 0.345 e. The summed E-state index contributed by atoms with van der Waals surface area (Å²) in [4.78, 5) is 14.6. The average molecular weight is 346 g/mol. The number of hydrogen-bond acceptors (Lipinski definition) is 1. The number of carbonyl (C=O) groups is 1. The zero-order valence-corrected chi connectivity index (χ0v) is 15.3. The van der Waals surface area contributed by atoms with Crippen LogP contribution in [0.15, 0.2) is 79.0 Å². The van der Waals surface area contributed by atoms with Crippen molar-refractivity contribution in [1.29, 1.82) is 0 Å². The molecule has 26 heavy (non-hydrogen) atoms. The summed E-state index contributed by atoms with van der Waals surface area (Å²) >= 11 is 0. The summed E-state index contributed by atoms with van der Waals surface area (Å²) in [5.41, 5.74) is 3.59. The third-order valence-corrected chi connectivity index (χ3v) is 4.50. The monoisotopic (exact) mass is 346 g/mol. The van der Waals surface area contributed by atoms with E-state index in [0.29, 0.717) is 19.5 Å². The molecule has 0 saturated carbocycles. The maximum absolute atomic E-state index is 12.7. The molecular weight excluding hydrogens is 320 g/mol. The van der Waals surface area contributed by atoms with Gasteiger partial charge in [-0.3, -0.25) is 4.79 Å². The molecule has 0 aliphatic heterocycles. The maximum atomic E-state index is 12.7. The van der Waals surface area contributed by atoms with Crippen molar-refractivity contribution < 1.29 is 4.79 Å². The number of amides is 1. The second-order valence-electron chi connectivity index (χ2n) is 6.60. The van der Waals surface area contributed by atoms with Crippen molar-refractivity contribution in [2.75, 3.05) is 0 Å². The van der Waals surface area contributed by atoms with Crippen LogP contribution in [0.25, 0.3) is 0 Å². The van der Waals surface area contributed by atoms with E-state index < -0.39 is 0 Å². The lowest BCUT2D eigenvalue weighted by molar-refractivity contribution is -0.132. The molecule has 1 heterocycles. The van der Waals surface area contributed by atoms with Crippen LogP contribution in [0.2, 0.25) is 0 Å². The molecule has 3 rings (SSSR count). The fourth-order valence-corrected chi connectivity index (χ4v) is 3.13. The van der Waals surface area contributed by atoms with Gasteiger partial charge in [0.25, 0.3) is 0 Å². The summed E-state index contributed by atoms with van der Waals surface area (Å²) in [6.07, 6.45) is 3.55. The molecule has 0 saturated heterocycles. The van der Waals surface area contributed by atoms with E-state index in [-0.39, 0.29) is 5.91 Å². The first-order valence-electron chi connectivity index (χ1n) is 9.26. The molecule has 0 N–H and O–H groups in total. The summed E-state index contributed by atoms with van der Waals surface area (Å²) < 4.78 is 2.23. The zero-order chi connectivity index (χ0) is 18.2. The number of hydrogen-bond donors (Lipinski definition) is 0. The Balaban J connectivity index is 1.76. The Morgan fingerprint density at radius 1 is 0.846 bits per heavy atom. The highest BCUT2D eigenvalue weighted by Crippen LogP contribution is 2.14. The van der Waals surface area contributed by atoms with Gasteiger partial charge in [0.05, 0.1) is 6.54 Å². The van der Waals surface area contributed by atoms with Crippen molar-refractivity contribution in [2.24, 2.45) is 0 Å². The zero-order valence-electron chi connectivity index (χ0n) is 15.3. The van der Waals surface area contributed by atoms with Gasteiger partial charge in [0.2, 0.25) is 5.91 Å². The molecule has 0 radical (unpaired) electrons. The van der Waals surface area contributed by atoms with E-state index in [4.69, 9.17) is 0 Å². The van der Waals surface area contributed by atoms with E-state index in [1.54, 1.807) is 0 Å². The average Bonchev–Trinajstić information content (AvgIpc) is 3.10. The minimum Gasteiger partial charge on any atom is -0.345 e. The topological polar surface area (TPSA) is 25.2 Å². The van der Waals surface area contributed by atoms with E-state index >= 15 is 0 Å². The molecule has 0 unspecified atom stereocenters. The van der Waals surface area contributed by atoms with Crippen molar-refractivity contribution in [2.45, 2.75) is 39.4 Å². The van der Waals surface area contributed by atoms with Crippen molar-refractivity contribution in [3.8, 4) is 0 Å². The smallest absolute Gasteiger partial charge is 0.223 e. The van der Waals surface area contributed by atoms with Crippen LogP contribution in [0.3, 0.4) is 0 Å². The number of nitrogens with zero attached hydrogens (tertiary/aromatic N) is 2. The summed E-state index contributed by atoms with van der Waals surface area (Å²) in [5.74, 6) is 0.212. The standard InChI is InChI=1S/C23H26N2O/c1-2-10-23(26)25(18-21-13-7-4-8-14-21)19-22-15-9-16-24(22)17-20-11-5-3-6-12-20/h3-9,11-16H,2,10,17-19H2,1H3. The van der Waals surface area contributed by atoms with Gasteiger partial charge in [0.15, 0.2) is 0 Å². The van der Waals surface area contributed by atoms with Crippen LogP contribution in [-0.2, 0) is 24.4 Å². The molecule has 3 heteroatoms. The van der Waals surface area contributed by atoms with Crippen LogP contribution in [0.4, 0.5) is 0 Å². The first-order valence-corrected chi connectivity index (χ1v) is 9.26. The highest BCUT2D eigenvalue weighted by atomic mass is 16.2. The number of benzene rings is 2. The van der Waals surface area contributed by atoms with Crippen LogP contribution in [0.1, 0.15) is 36.6 Å². The Hall–Kier alpha value is -2.81. The van der Waals surface area contributed by atoms with Crippen molar-refractivity contribution in [3.63, 3.8) is 0 Å². The fourth-order valence-electron chi connectivity index (χ4n) is 3.13. The van der Waals surface area contributed by atoms with Crippen LogP contribution < -0.4 is 0 Å². The van der Waals surface area contributed by atoms with Gasteiger partial charge in [-0.05, 0) is 29.7 Å². The van der Waals surface area contributed by atoms with Crippen LogP contribution in [0.5, 0.6) is 0 Å². The van der Waals surface area contributed by atoms with Gasteiger partial charge in [0.1, 0.15) is 0 Å². The number of aromatic nitrogens is 1. The lowest BCUT2D eigenvalue weighted by atomic mass is 10.2. The summed E-state index contributed by atoms with van der Waals surface area (Å²) in [6, 6.07) is 24.8. The number of rotatable bonds is 8. The van der Waals surface area contributed by atoms with E-state index in [1.165, 1.54) is 5.56 Å². The third kappa shape index (κ3) is 4.85. The predicted molar refractivity (Wildman–Crippen MR) is 106 cm³/mol. The molecule has 3 nitrogen and oxygen atoms in total. The molecule has 1 aromatic heterocycles. The van der Waals surface area contributed by atoms with Gasteiger partial charge in [0, 0.05) is 31.4 Å². The van der Waals surface area contributed by atoms with E-state index in [9.17, 15) is 4.79 Å². The SMILES string of the molecule is CCCC(=O)N(Cc1ccccc1)Cc1cccn1Cc1ccccc1. The Morgan fingerprint density at radius 2 is 1.50 bits per heavy atom. The van der Waals surface area contributed by atoms with Crippen LogP contribution in [0, 0.1) is 0 Å².